The van der Waals surface area contributed by atoms with Gasteiger partial charge in [0.1, 0.15) is 0 Å². The maximum absolute atomic E-state index is 2.72. The second kappa shape index (κ2) is 16.5. The molecule has 0 spiro atoms. The summed E-state index contributed by atoms with van der Waals surface area (Å²) in [6, 6.07) is 71.5. The van der Waals surface area contributed by atoms with Crippen LogP contribution in [0.25, 0.3) is 38.6 Å². The van der Waals surface area contributed by atoms with Gasteiger partial charge in [0.05, 0.1) is 11.5 Å². The smallest absolute Gasteiger partial charge is 0.0714 e. The van der Waals surface area contributed by atoms with Crippen molar-refractivity contribution in [1.82, 2.24) is 0 Å². The van der Waals surface area contributed by atoms with Crippen LogP contribution in [0.2, 0.25) is 0 Å². The molecule has 314 valence electrons. The van der Waals surface area contributed by atoms with Crippen molar-refractivity contribution in [3.05, 3.63) is 245 Å². The molecule has 0 radical (unpaired) electrons. The zero-order valence-corrected chi connectivity index (χ0v) is 37.5. The maximum atomic E-state index is 2.72. The van der Waals surface area contributed by atoms with Crippen LogP contribution in [0.5, 0.6) is 0 Å². The molecule has 0 heterocycles. The van der Waals surface area contributed by atoms with Crippen LogP contribution in [0.3, 0.4) is 0 Å². The van der Waals surface area contributed by atoms with Crippen molar-refractivity contribution in [3.8, 4) is 22.3 Å². The second-order valence-electron chi connectivity index (χ2n) is 19.4. The fraction of sp³-hybridized carbons (Fsp3) is 0.206. The van der Waals surface area contributed by atoms with Gasteiger partial charge in [-0.3, -0.25) is 0 Å². The lowest BCUT2D eigenvalue weighted by atomic mass is 9.67. The Balaban J connectivity index is 1.19. The minimum Gasteiger partial charge on any atom is -0.333 e. The Bertz CT molecular complexity index is 2990. The van der Waals surface area contributed by atoms with Crippen molar-refractivity contribution in [2.45, 2.75) is 82.1 Å². The molecule has 1 unspecified atom stereocenters. The Labute approximate surface area is 380 Å². The lowest BCUT2D eigenvalue weighted by Crippen LogP contribution is -2.34. The van der Waals surface area contributed by atoms with E-state index in [4.69, 9.17) is 0 Å². The van der Waals surface area contributed by atoms with E-state index in [2.05, 4.69) is 232 Å². The van der Waals surface area contributed by atoms with Crippen LogP contribution in [0, 0.1) is 0 Å². The summed E-state index contributed by atoms with van der Waals surface area (Å²) < 4.78 is 0. The molecule has 3 aliphatic carbocycles. The first-order valence-corrected chi connectivity index (χ1v) is 23.6. The Morgan fingerprint density at radius 2 is 1.17 bits per heavy atom. The molecule has 0 aromatic heterocycles. The highest BCUT2D eigenvalue weighted by Crippen LogP contribution is 2.57. The van der Waals surface area contributed by atoms with Gasteiger partial charge in [-0.2, -0.15) is 0 Å². The van der Waals surface area contributed by atoms with Crippen molar-refractivity contribution < 1.29 is 0 Å². The Morgan fingerprint density at radius 3 is 1.89 bits per heavy atom. The largest absolute Gasteiger partial charge is 0.333 e. The van der Waals surface area contributed by atoms with Crippen molar-refractivity contribution in [3.63, 3.8) is 0 Å². The minimum absolute atomic E-state index is 0.0163. The summed E-state index contributed by atoms with van der Waals surface area (Å²) in [5.74, 6) is 0.588. The van der Waals surface area contributed by atoms with Crippen LogP contribution in [0.1, 0.15) is 104 Å². The van der Waals surface area contributed by atoms with E-state index in [1.54, 1.807) is 0 Å². The average Bonchev–Trinajstić information content (AvgIpc) is 3.65. The molecule has 1 heteroatoms. The van der Waals surface area contributed by atoms with Gasteiger partial charge in [0.2, 0.25) is 0 Å². The SMILES string of the molecule is CC(C)(C)c1ccc(N(c2ccc3c(c2)C(c2ccccc2)(c2ccccc2)c2ccccc2-3)C2CC=CC=C2c2cccc3cccc(C4CCCCC4)c23)c(-c2ccccc2)c1. The Morgan fingerprint density at radius 1 is 0.531 bits per heavy atom. The van der Waals surface area contributed by atoms with Gasteiger partial charge in [-0.1, -0.05) is 222 Å². The molecule has 1 saturated carbocycles. The second-order valence-corrected chi connectivity index (χ2v) is 19.4. The van der Waals surface area contributed by atoms with Gasteiger partial charge in [0.25, 0.3) is 0 Å². The van der Waals surface area contributed by atoms with Gasteiger partial charge in [0, 0.05) is 16.9 Å². The van der Waals surface area contributed by atoms with Crippen LogP contribution in [-0.2, 0) is 10.8 Å². The van der Waals surface area contributed by atoms with Gasteiger partial charge in [-0.15, -0.1) is 0 Å². The molecular weight excluding hydrogens is 771 g/mol. The van der Waals surface area contributed by atoms with Gasteiger partial charge in [-0.25, -0.2) is 0 Å². The lowest BCUT2D eigenvalue weighted by Gasteiger charge is -2.40. The molecule has 8 aromatic rings. The molecule has 0 aliphatic heterocycles. The summed E-state index contributed by atoms with van der Waals surface area (Å²) in [5, 5.41) is 2.78. The Hall–Kier alpha value is -6.70. The summed E-state index contributed by atoms with van der Waals surface area (Å²) in [6.07, 6.45) is 14.5. The fourth-order valence-electron chi connectivity index (χ4n) is 11.6. The third-order valence-corrected chi connectivity index (χ3v) is 14.7. The number of benzene rings is 8. The number of fused-ring (bicyclic) bond motifs is 4. The molecule has 0 amide bonds. The minimum atomic E-state index is -0.510. The molecule has 3 aliphatic rings. The summed E-state index contributed by atoms with van der Waals surface area (Å²) in [5.41, 5.74) is 17.8. The molecule has 11 rings (SSSR count). The third kappa shape index (κ3) is 6.76. The van der Waals surface area contributed by atoms with Crippen LogP contribution in [0.15, 0.2) is 206 Å². The number of hydrogen-bond donors (Lipinski definition) is 0. The molecule has 0 saturated heterocycles. The fourth-order valence-corrected chi connectivity index (χ4v) is 11.6. The predicted molar refractivity (Wildman–Crippen MR) is 272 cm³/mol. The maximum Gasteiger partial charge on any atom is 0.0714 e. The van der Waals surface area contributed by atoms with E-state index in [0.717, 1.165) is 6.42 Å². The van der Waals surface area contributed by atoms with Crippen LogP contribution in [-0.4, -0.2) is 6.04 Å². The Kier molecular flexibility index (Phi) is 10.3. The van der Waals surface area contributed by atoms with E-state index in [-0.39, 0.29) is 11.5 Å². The summed E-state index contributed by atoms with van der Waals surface area (Å²) in [4.78, 5) is 2.72. The number of nitrogens with zero attached hydrogens (tertiary/aromatic N) is 1. The number of hydrogen-bond acceptors (Lipinski definition) is 1. The molecule has 1 fully saturated rings. The summed E-state index contributed by atoms with van der Waals surface area (Å²) >= 11 is 0. The quantitative estimate of drug-likeness (QED) is 0.147. The van der Waals surface area contributed by atoms with E-state index in [9.17, 15) is 0 Å². The van der Waals surface area contributed by atoms with Crippen molar-refractivity contribution in [1.29, 1.82) is 0 Å². The number of allylic oxidation sites excluding steroid dienone is 2. The van der Waals surface area contributed by atoms with E-state index < -0.39 is 5.41 Å². The first kappa shape index (κ1) is 40.1. The van der Waals surface area contributed by atoms with Crippen LogP contribution in [0.4, 0.5) is 11.4 Å². The zero-order valence-electron chi connectivity index (χ0n) is 37.5. The highest BCUT2D eigenvalue weighted by Gasteiger charge is 2.46. The highest BCUT2D eigenvalue weighted by atomic mass is 15.2. The van der Waals surface area contributed by atoms with Crippen LogP contribution < -0.4 is 4.90 Å². The first-order chi connectivity index (χ1) is 31.4. The molecule has 8 aromatic carbocycles. The van der Waals surface area contributed by atoms with E-state index in [0.29, 0.717) is 5.92 Å². The number of rotatable bonds is 8. The molecule has 0 bridgehead atoms. The van der Waals surface area contributed by atoms with Gasteiger partial charge < -0.3 is 4.90 Å². The number of anilines is 2. The zero-order chi connectivity index (χ0) is 43.3. The standard InChI is InChI=1S/C63H57N/c1-62(2,3)49-38-41-60(56(42-49)45-24-10-5-11-25-45)64(59-37-19-17-33-54(59)55-35-21-27-46-26-20-34-51(61(46)55)44-22-8-4-9-23-44)50-39-40-53-52-32-16-18-36-57(52)63(58(53)43-50,47-28-12-6-13-29-47)48-30-14-7-15-31-48/h5-7,10-21,24-36,38-44,59H,4,8-9,22-23,37H2,1-3H3. The van der Waals surface area contributed by atoms with E-state index in [1.165, 1.54) is 121 Å². The van der Waals surface area contributed by atoms with Crippen molar-refractivity contribution in [2.24, 2.45) is 0 Å². The molecular formula is C63H57N. The summed E-state index contributed by atoms with van der Waals surface area (Å²) in [7, 11) is 0. The summed E-state index contributed by atoms with van der Waals surface area (Å²) in [6.45, 7) is 6.99. The molecule has 1 atom stereocenters. The van der Waals surface area contributed by atoms with E-state index >= 15 is 0 Å². The topological polar surface area (TPSA) is 3.24 Å². The predicted octanol–water partition coefficient (Wildman–Crippen LogP) is 16.8. The van der Waals surface area contributed by atoms with Crippen LogP contribution >= 0.6 is 0 Å². The van der Waals surface area contributed by atoms with Crippen molar-refractivity contribution >= 4 is 27.7 Å². The normalized spacial score (nSPS) is 16.9. The van der Waals surface area contributed by atoms with E-state index in [1.807, 2.05) is 0 Å². The average molecular weight is 828 g/mol. The van der Waals surface area contributed by atoms with Gasteiger partial charge >= 0.3 is 0 Å². The molecule has 0 N–H and O–H groups in total. The van der Waals surface area contributed by atoms with Gasteiger partial charge in [0.15, 0.2) is 0 Å². The monoisotopic (exact) mass is 827 g/mol. The molecule has 64 heavy (non-hydrogen) atoms. The van der Waals surface area contributed by atoms with Gasteiger partial charge in [-0.05, 0) is 127 Å². The highest BCUT2D eigenvalue weighted by molar-refractivity contribution is 6.00. The first-order valence-electron chi connectivity index (χ1n) is 23.6. The third-order valence-electron chi connectivity index (χ3n) is 14.7. The van der Waals surface area contributed by atoms with Crippen molar-refractivity contribution in [2.75, 3.05) is 4.90 Å². The lowest BCUT2D eigenvalue weighted by molar-refractivity contribution is 0.445. The molecule has 1 nitrogen and oxygen atoms in total.